The van der Waals surface area contributed by atoms with Crippen LogP contribution in [-0.2, 0) is 0 Å². The van der Waals surface area contributed by atoms with Gasteiger partial charge in [-0.2, -0.15) is 5.26 Å². The van der Waals surface area contributed by atoms with Gasteiger partial charge in [0.1, 0.15) is 6.04 Å². The second-order valence-corrected chi connectivity index (χ2v) is 4.07. The summed E-state index contributed by atoms with van der Waals surface area (Å²) in [6.45, 7) is 0. The molecule has 3 N–H and O–H groups in total. The molecule has 1 atom stereocenters. The number of anilines is 1. The number of nitrogens with two attached hydrogens (primary N) is 1. The third-order valence-corrected chi connectivity index (χ3v) is 2.69. The summed E-state index contributed by atoms with van der Waals surface area (Å²) < 4.78 is 0. The van der Waals surface area contributed by atoms with Crippen LogP contribution in [0.5, 0.6) is 0 Å². The third-order valence-electron chi connectivity index (χ3n) is 2.69. The summed E-state index contributed by atoms with van der Waals surface area (Å²) in [5, 5.41) is 11.8. The SMILES string of the molecule is N#CC(NC(=O)c1cccc(N)c1)c1ccccc1. The molecule has 0 heterocycles. The maximum atomic E-state index is 12.0. The number of carbonyl (C=O) groups is 1. The fraction of sp³-hybridized carbons (Fsp3) is 0.0667. The minimum absolute atomic E-state index is 0.317. The summed E-state index contributed by atoms with van der Waals surface area (Å²) in [6.07, 6.45) is 0. The summed E-state index contributed by atoms with van der Waals surface area (Å²) in [6, 6.07) is 17.2. The standard InChI is InChI=1S/C15H13N3O/c16-10-14(11-5-2-1-3-6-11)18-15(19)12-7-4-8-13(17)9-12/h1-9,14H,17H2,(H,18,19). The lowest BCUT2D eigenvalue weighted by molar-refractivity contribution is 0.0945. The zero-order valence-electron chi connectivity index (χ0n) is 10.2. The topological polar surface area (TPSA) is 78.9 Å². The average molecular weight is 251 g/mol. The van der Waals surface area contributed by atoms with Gasteiger partial charge >= 0.3 is 0 Å². The van der Waals surface area contributed by atoms with Gasteiger partial charge in [-0.05, 0) is 23.8 Å². The fourth-order valence-electron chi connectivity index (χ4n) is 1.73. The number of nitrogens with one attached hydrogen (secondary N) is 1. The van der Waals surface area contributed by atoms with Gasteiger partial charge < -0.3 is 11.1 Å². The van der Waals surface area contributed by atoms with Gasteiger partial charge in [0.25, 0.3) is 5.91 Å². The Hall–Kier alpha value is -2.80. The van der Waals surface area contributed by atoms with Crippen LogP contribution in [0.3, 0.4) is 0 Å². The Balaban J connectivity index is 2.16. The number of nitrogens with zero attached hydrogens (tertiary/aromatic N) is 1. The molecule has 0 aliphatic carbocycles. The van der Waals surface area contributed by atoms with Crippen LogP contribution in [0.1, 0.15) is 22.0 Å². The molecule has 19 heavy (non-hydrogen) atoms. The molecule has 4 nitrogen and oxygen atoms in total. The van der Waals surface area contributed by atoms with Crippen molar-refractivity contribution in [1.82, 2.24) is 5.32 Å². The quantitative estimate of drug-likeness (QED) is 0.821. The molecule has 0 saturated carbocycles. The van der Waals surface area contributed by atoms with Crippen LogP contribution in [-0.4, -0.2) is 5.91 Å². The van der Waals surface area contributed by atoms with Gasteiger partial charge in [-0.1, -0.05) is 36.4 Å². The van der Waals surface area contributed by atoms with E-state index in [1.165, 1.54) is 0 Å². The van der Waals surface area contributed by atoms with Crippen LogP contribution < -0.4 is 11.1 Å². The number of rotatable bonds is 3. The number of nitriles is 1. The lowest BCUT2D eigenvalue weighted by atomic mass is 10.1. The Labute approximate surface area is 111 Å². The van der Waals surface area contributed by atoms with Crippen LogP contribution in [0.15, 0.2) is 54.6 Å². The van der Waals surface area contributed by atoms with Crippen LogP contribution in [0, 0.1) is 11.3 Å². The van der Waals surface area contributed by atoms with E-state index in [1.54, 1.807) is 36.4 Å². The summed E-state index contributed by atoms with van der Waals surface area (Å²) in [7, 11) is 0. The number of benzene rings is 2. The monoisotopic (exact) mass is 251 g/mol. The van der Waals surface area contributed by atoms with E-state index in [0.717, 1.165) is 5.56 Å². The van der Waals surface area contributed by atoms with E-state index >= 15 is 0 Å². The molecule has 1 amide bonds. The van der Waals surface area contributed by atoms with Crippen LogP contribution in [0.4, 0.5) is 5.69 Å². The number of amides is 1. The van der Waals surface area contributed by atoms with E-state index < -0.39 is 6.04 Å². The van der Waals surface area contributed by atoms with Gasteiger partial charge in [0, 0.05) is 11.3 Å². The molecule has 0 spiro atoms. The van der Waals surface area contributed by atoms with E-state index in [1.807, 2.05) is 18.2 Å². The van der Waals surface area contributed by atoms with Crippen molar-refractivity contribution in [3.05, 3.63) is 65.7 Å². The van der Waals surface area contributed by atoms with Crippen LogP contribution in [0.25, 0.3) is 0 Å². The van der Waals surface area contributed by atoms with Gasteiger partial charge in [-0.15, -0.1) is 0 Å². The number of carbonyl (C=O) groups excluding carboxylic acids is 1. The zero-order valence-corrected chi connectivity index (χ0v) is 10.2. The second-order valence-electron chi connectivity index (χ2n) is 4.07. The zero-order chi connectivity index (χ0) is 13.7. The second kappa shape index (κ2) is 5.69. The average Bonchev–Trinajstić information content (AvgIpc) is 2.45. The highest BCUT2D eigenvalue weighted by Gasteiger charge is 2.14. The van der Waals surface area contributed by atoms with E-state index in [2.05, 4.69) is 11.4 Å². The van der Waals surface area contributed by atoms with Gasteiger partial charge in [0.2, 0.25) is 0 Å². The highest BCUT2D eigenvalue weighted by atomic mass is 16.1. The predicted octanol–water partition coefficient (Wildman–Crippen LogP) is 2.26. The van der Waals surface area contributed by atoms with Crippen molar-refractivity contribution in [3.63, 3.8) is 0 Å². The van der Waals surface area contributed by atoms with E-state index in [-0.39, 0.29) is 5.91 Å². The molecule has 0 aliphatic rings. The highest BCUT2D eigenvalue weighted by molar-refractivity contribution is 5.95. The Bertz CT molecular complexity index is 617. The van der Waals surface area contributed by atoms with E-state index in [9.17, 15) is 4.79 Å². The molecule has 2 aromatic rings. The summed E-state index contributed by atoms with van der Waals surface area (Å²) in [5.74, 6) is -0.317. The molecule has 2 aromatic carbocycles. The highest BCUT2D eigenvalue weighted by Crippen LogP contribution is 2.13. The Kier molecular flexibility index (Phi) is 3.79. The largest absolute Gasteiger partial charge is 0.399 e. The first-order valence-corrected chi connectivity index (χ1v) is 5.81. The normalized spacial score (nSPS) is 11.3. The molecular formula is C15H13N3O. The lowest BCUT2D eigenvalue weighted by Crippen LogP contribution is -2.27. The predicted molar refractivity (Wildman–Crippen MR) is 73.1 cm³/mol. The van der Waals surface area contributed by atoms with Gasteiger partial charge in [0.05, 0.1) is 6.07 Å². The summed E-state index contributed by atoms with van der Waals surface area (Å²) in [5.41, 5.74) is 7.33. The van der Waals surface area contributed by atoms with E-state index in [4.69, 9.17) is 11.0 Å². The molecule has 94 valence electrons. The van der Waals surface area contributed by atoms with Crippen molar-refractivity contribution < 1.29 is 4.79 Å². The minimum Gasteiger partial charge on any atom is -0.399 e. The van der Waals surface area contributed by atoms with Crippen molar-refractivity contribution in [2.45, 2.75) is 6.04 Å². The van der Waals surface area contributed by atoms with Crippen molar-refractivity contribution in [2.75, 3.05) is 5.73 Å². The number of hydrogen-bond acceptors (Lipinski definition) is 3. The summed E-state index contributed by atoms with van der Waals surface area (Å²) >= 11 is 0. The first-order valence-electron chi connectivity index (χ1n) is 5.81. The van der Waals surface area contributed by atoms with Crippen molar-refractivity contribution in [3.8, 4) is 6.07 Å². The minimum atomic E-state index is -0.671. The van der Waals surface area contributed by atoms with Crippen molar-refractivity contribution in [2.24, 2.45) is 0 Å². The van der Waals surface area contributed by atoms with Gasteiger partial charge in [-0.25, -0.2) is 0 Å². The smallest absolute Gasteiger partial charge is 0.252 e. The molecule has 2 rings (SSSR count). The molecule has 0 aromatic heterocycles. The number of hydrogen-bond donors (Lipinski definition) is 2. The molecular weight excluding hydrogens is 238 g/mol. The maximum absolute atomic E-state index is 12.0. The lowest BCUT2D eigenvalue weighted by Gasteiger charge is -2.12. The molecule has 0 bridgehead atoms. The third kappa shape index (κ3) is 3.11. The molecule has 4 heteroatoms. The Morgan fingerprint density at radius 3 is 2.53 bits per heavy atom. The molecule has 1 unspecified atom stereocenters. The van der Waals surface area contributed by atoms with E-state index in [0.29, 0.717) is 11.3 Å². The first-order chi connectivity index (χ1) is 9.20. The maximum Gasteiger partial charge on any atom is 0.252 e. The Morgan fingerprint density at radius 1 is 1.16 bits per heavy atom. The van der Waals surface area contributed by atoms with Gasteiger partial charge in [0.15, 0.2) is 0 Å². The molecule has 0 saturated heterocycles. The Morgan fingerprint density at radius 2 is 1.89 bits per heavy atom. The van der Waals surface area contributed by atoms with Crippen molar-refractivity contribution in [1.29, 1.82) is 5.26 Å². The summed E-state index contributed by atoms with van der Waals surface area (Å²) in [4.78, 5) is 12.0. The molecule has 0 aliphatic heterocycles. The fourth-order valence-corrected chi connectivity index (χ4v) is 1.73. The number of nitrogen functional groups attached to an aromatic ring is 1. The van der Waals surface area contributed by atoms with Crippen molar-refractivity contribution >= 4 is 11.6 Å². The van der Waals surface area contributed by atoms with Crippen LogP contribution in [0.2, 0.25) is 0 Å². The van der Waals surface area contributed by atoms with Gasteiger partial charge in [-0.3, -0.25) is 4.79 Å². The molecule has 0 radical (unpaired) electrons. The molecule has 0 fully saturated rings. The van der Waals surface area contributed by atoms with Crippen LogP contribution >= 0.6 is 0 Å². The first kappa shape index (κ1) is 12.7.